The summed E-state index contributed by atoms with van der Waals surface area (Å²) in [6.07, 6.45) is 4.43. The lowest BCUT2D eigenvalue weighted by atomic mass is 9.81. The van der Waals surface area contributed by atoms with Crippen LogP contribution < -0.4 is 10.2 Å². The lowest BCUT2D eigenvalue weighted by Gasteiger charge is -2.32. The highest BCUT2D eigenvalue weighted by molar-refractivity contribution is 6.61. The Hall–Kier alpha value is -1.14. The molecule has 20 heavy (non-hydrogen) atoms. The molecular formula is C14H23BN2O3. The topological polar surface area (TPSA) is 53.5 Å². The second kappa shape index (κ2) is 5.33. The van der Waals surface area contributed by atoms with E-state index in [0.717, 1.165) is 11.9 Å². The van der Waals surface area contributed by atoms with Crippen LogP contribution in [0.5, 0.6) is 6.01 Å². The van der Waals surface area contributed by atoms with E-state index in [1.165, 1.54) is 0 Å². The fourth-order valence-corrected chi connectivity index (χ4v) is 1.75. The van der Waals surface area contributed by atoms with Gasteiger partial charge in [0.25, 0.3) is 0 Å². The van der Waals surface area contributed by atoms with Crippen LogP contribution in [0.4, 0.5) is 0 Å². The van der Waals surface area contributed by atoms with E-state index in [0.29, 0.717) is 6.01 Å². The van der Waals surface area contributed by atoms with Crippen LogP contribution in [-0.4, -0.2) is 34.4 Å². The lowest BCUT2D eigenvalue weighted by Crippen LogP contribution is -2.41. The summed E-state index contributed by atoms with van der Waals surface area (Å²) >= 11 is 0. The predicted octanol–water partition coefficient (Wildman–Crippen LogP) is 1.95. The van der Waals surface area contributed by atoms with E-state index in [9.17, 15) is 0 Å². The zero-order valence-corrected chi connectivity index (χ0v) is 13.1. The second-order valence-corrected chi connectivity index (χ2v) is 6.22. The minimum Gasteiger partial charge on any atom is -0.460 e. The van der Waals surface area contributed by atoms with Crippen LogP contribution >= 0.6 is 0 Å². The van der Waals surface area contributed by atoms with Crippen molar-refractivity contribution >= 4 is 12.6 Å². The van der Waals surface area contributed by atoms with Crippen molar-refractivity contribution in [1.82, 2.24) is 9.97 Å². The number of hydrogen-bond donors (Lipinski definition) is 0. The fraction of sp³-hybridized carbons (Fsp3) is 0.714. The molecule has 5 nitrogen and oxygen atoms in total. The summed E-state index contributed by atoms with van der Waals surface area (Å²) in [7, 11) is -0.433. The van der Waals surface area contributed by atoms with Gasteiger partial charge in [-0.2, -0.15) is 0 Å². The summed E-state index contributed by atoms with van der Waals surface area (Å²) < 4.78 is 17.5. The summed E-state index contributed by atoms with van der Waals surface area (Å²) in [5.41, 5.74) is 0.0905. The van der Waals surface area contributed by atoms with Crippen molar-refractivity contribution in [2.45, 2.75) is 65.3 Å². The molecule has 0 amide bonds. The van der Waals surface area contributed by atoms with Crippen LogP contribution in [0.25, 0.3) is 0 Å². The summed E-state index contributed by atoms with van der Waals surface area (Å²) in [4.78, 5) is 8.43. The van der Waals surface area contributed by atoms with Crippen molar-refractivity contribution in [3.05, 3.63) is 12.4 Å². The smallest absolute Gasteiger partial charge is 0.460 e. The highest BCUT2D eigenvalue weighted by Crippen LogP contribution is 2.36. The third-order valence-electron chi connectivity index (χ3n) is 4.06. The molecule has 2 rings (SSSR count). The van der Waals surface area contributed by atoms with Gasteiger partial charge in [-0.25, -0.2) is 9.97 Å². The Bertz CT molecular complexity index is 446. The van der Waals surface area contributed by atoms with Gasteiger partial charge in [-0.1, -0.05) is 6.92 Å². The Labute approximate surface area is 121 Å². The normalized spacial score (nSPS) is 21.8. The summed E-state index contributed by atoms with van der Waals surface area (Å²) in [6, 6.07) is 0.389. The van der Waals surface area contributed by atoms with Gasteiger partial charge in [0, 0.05) is 17.9 Å². The van der Waals surface area contributed by atoms with Gasteiger partial charge in [0.1, 0.15) is 0 Å². The molecule has 0 N–H and O–H groups in total. The molecule has 1 aliphatic rings. The second-order valence-electron chi connectivity index (χ2n) is 6.22. The molecule has 0 aliphatic carbocycles. The van der Waals surface area contributed by atoms with E-state index in [-0.39, 0.29) is 17.3 Å². The van der Waals surface area contributed by atoms with Crippen molar-refractivity contribution in [1.29, 1.82) is 0 Å². The zero-order valence-electron chi connectivity index (χ0n) is 13.1. The minimum absolute atomic E-state index is 0.109. The minimum atomic E-state index is -0.433. The van der Waals surface area contributed by atoms with E-state index in [4.69, 9.17) is 14.0 Å². The van der Waals surface area contributed by atoms with Crippen molar-refractivity contribution in [3.8, 4) is 6.01 Å². The number of aromatic nitrogens is 2. The molecule has 1 atom stereocenters. The highest BCUT2D eigenvalue weighted by atomic mass is 16.7. The predicted molar refractivity (Wildman–Crippen MR) is 78.1 cm³/mol. The molecule has 110 valence electrons. The summed E-state index contributed by atoms with van der Waals surface area (Å²) in [5.74, 6) is 0. The maximum atomic E-state index is 5.95. The number of ether oxygens (including phenoxy) is 1. The van der Waals surface area contributed by atoms with Gasteiger partial charge in [0.05, 0.1) is 17.3 Å². The average molecular weight is 278 g/mol. The molecular weight excluding hydrogens is 255 g/mol. The van der Waals surface area contributed by atoms with E-state index in [2.05, 4.69) is 16.9 Å². The van der Waals surface area contributed by atoms with Crippen LogP contribution in [0.2, 0.25) is 0 Å². The van der Waals surface area contributed by atoms with Gasteiger partial charge in [0.15, 0.2) is 0 Å². The first kappa shape index (κ1) is 15.3. The molecule has 1 saturated heterocycles. The fourth-order valence-electron chi connectivity index (χ4n) is 1.75. The molecule has 6 heteroatoms. The van der Waals surface area contributed by atoms with Crippen molar-refractivity contribution in [2.24, 2.45) is 0 Å². The van der Waals surface area contributed by atoms with Gasteiger partial charge in [-0.3, -0.25) is 0 Å². The third kappa shape index (κ3) is 2.96. The maximum absolute atomic E-state index is 5.95. The van der Waals surface area contributed by atoms with Crippen LogP contribution in [0.1, 0.15) is 48.0 Å². The molecule has 1 unspecified atom stereocenters. The monoisotopic (exact) mass is 278 g/mol. The van der Waals surface area contributed by atoms with Gasteiger partial charge in [-0.05, 0) is 41.0 Å². The Balaban J connectivity index is 2.08. The van der Waals surface area contributed by atoms with Crippen LogP contribution in [-0.2, 0) is 9.31 Å². The third-order valence-corrected chi connectivity index (χ3v) is 4.06. The Morgan fingerprint density at radius 2 is 1.65 bits per heavy atom. The maximum Gasteiger partial charge on any atom is 0.498 e. The molecule has 0 saturated carbocycles. The lowest BCUT2D eigenvalue weighted by molar-refractivity contribution is 0.00578. The van der Waals surface area contributed by atoms with E-state index in [1.54, 1.807) is 12.4 Å². The van der Waals surface area contributed by atoms with Crippen LogP contribution in [0, 0.1) is 0 Å². The van der Waals surface area contributed by atoms with Crippen LogP contribution in [0.15, 0.2) is 12.4 Å². The van der Waals surface area contributed by atoms with Gasteiger partial charge in [0.2, 0.25) is 0 Å². The number of hydrogen-bond acceptors (Lipinski definition) is 5. The Kier molecular flexibility index (Phi) is 4.07. The first-order chi connectivity index (χ1) is 9.25. The largest absolute Gasteiger partial charge is 0.498 e. The van der Waals surface area contributed by atoms with Crippen molar-refractivity contribution in [2.75, 3.05) is 0 Å². The summed E-state index contributed by atoms with van der Waals surface area (Å²) in [6.45, 7) is 12.1. The van der Waals surface area contributed by atoms with E-state index in [1.807, 2.05) is 34.6 Å². The first-order valence-electron chi connectivity index (χ1n) is 7.09. The average Bonchev–Trinajstić information content (AvgIpc) is 2.59. The molecule has 1 aromatic heterocycles. The molecule has 1 aliphatic heterocycles. The molecule has 0 spiro atoms. The zero-order chi connectivity index (χ0) is 15.0. The Morgan fingerprint density at radius 3 is 2.10 bits per heavy atom. The molecule has 0 radical (unpaired) electrons. The SMILES string of the molecule is CCC(C)Oc1ncc(B2OC(C)(C)C(C)(C)O2)cn1. The molecule has 1 aromatic rings. The van der Waals surface area contributed by atoms with Gasteiger partial charge in [-0.15, -0.1) is 0 Å². The molecule has 0 bridgehead atoms. The van der Waals surface area contributed by atoms with E-state index < -0.39 is 7.12 Å². The van der Waals surface area contributed by atoms with E-state index >= 15 is 0 Å². The van der Waals surface area contributed by atoms with Crippen molar-refractivity contribution < 1.29 is 14.0 Å². The standard InChI is InChI=1S/C14H23BN2O3/c1-7-10(2)18-12-16-8-11(9-17-12)15-19-13(3,4)14(5,6)20-15/h8-10H,7H2,1-6H3. The molecule has 0 aromatic carbocycles. The van der Waals surface area contributed by atoms with Crippen molar-refractivity contribution in [3.63, 3.8) is 0 Å². The quantitative estimate of drug-likeness (QED) is 0.788. The van der Waals surface area contributed by atoms with Crippen LogP contribution in [0.3, 0.4) is 0 Å². The highest BCUT2D eigenvalue weighted by Gasteiger charge is 2.51. The first-order valence-corrected chi connectivity index (χ1v) is 7.09. The van der Waals surface area contributed by atoms with Gasteiger partial charge >= 0.3 is 13.1 Å². The molecule has 2 heterocycles. The Morgan fingerprint density at radius 1 is 1.15 bits per heavy atom. The number of nitrogens with zero attached hydrogens (tertiary/aromatic N) is 2. The van der Waals surface area contributed by atoms with Gasteiger partial charge < -0.3 is 14.0 Å². The number of rotatable bonds is 4. The molecule has 1 fully saturated rings. The summed E-state index contributed by atoms with van der Waals surface area (Å²) in [5, 5.41) is 0.